The first kappa shape index (κ1) is 13.5. The number of rotatable bonds is 1. The fourth-order valence-electron chi connectivity index (χ4n) is 2.79. The molecule has 0 fully saturated rings. The predicted octanol–water partition coefficient (Wildman–Crippen LogP) is 3.50. The summed E-state index contributed by atoms with van der Waals surface area (Å²) < 4.78 is 10.8. The molecule has 2 heterocycles. The summed E-state index contributed by atoms with van der Waals surface area (Å²) in [6, 6.07) is 12.2. The van der Waals surface area contributed by atoms with Crippen molar-refractivity contribution >= 4 is 23.4 Å². The Balaban J connectivity index is 1.80. The lowest BCUT2D eigenvalue weighted by atomic mass is 10.0. The van der Waals surface area contributed by atoms with Gasteiger partial charge in [0.2, 0.25) is 12.7 Å². The van der Waals surface area contributed by atoms with Crippen molar-refractivity contribution in [2.75, 3.05) is 17.9 Å². The lowest BCUT2D eigenvalue weighted by molar-refractivity contribution is -0.113. The van der Waals surface area contributed by atoms with E-state index in [0.29, 0.717) is 5.75 Å². The van der Waals surface area contributed by atoms with Crippen LogP contribution >= 0.6 is 11.8 Å². The summed E-state index contributed by atoms with van der Waals surface area (Å²) in [5.41, 5.74) is 4.28. The lowest BCUT2D eigenvalue weighted by Gasteiger charge is -2.17. The van der Waals surface area contributed by atoms with Gasteiger partial charge >= 0.3 is 0 Å². The monoisotopic (exact) mass is 313 g/mol. The molecule has 1 N–H and O–H groups in total. The highest BCUT2D eigenvalue weighted by Crippen LogP contribution is 2.44. The molecule has 0 spiro atoms. The molecule has 0 aromatic heterocycles. The van der Waals surface area contributed by atoms with E-state index in [1.165, 1.54) is 0 Å². The Morgan fingerprint density at radius 1 is 1.14 bits per heavy atom. The number of aryl methyl sites for hydroxylation is 1. The van der Waals surface area contributed by atoms with Gasteiger partial charge in [0.15, 0.2) is 11.5 Å². The molecule has 2 aromatic rings. The molecule has 0 aliphatic carbocycles. The molecule has 5 heteroatoms. The molecular weight excluding hydrogens is 298 g/mol. The number of hydrogen-bond donors (Lipinski definition) is 1. The van der Waals surface area contributed by atoms with Gasteiger partial charge in [-0.3, -0.25) is 4.79 Å². The minimum Gasteiger partial charge on any atom is -0.454 e. The van der Waals surface area contributed by atoms with Crippen molar-refractivity contribution in [2.45, 2.75) is 12.2 Å². The predicted molar refractivity (Wildman–Crippen MR) is 86.7 cm³/mol. The summed E-state index contributed by atoms with van der Waals surface area (Å²) in [5.74, 6) is 2.03. The molecule has 0 radical (unpaired) electrons. The van der Waals surface area contributed by atoms with E-state index in [-0.39, 0.29) is 18.0 Å². The second-order valence-electron chi connectivity index (χ2n) is 5.44. The first-order valence-corrected chi connectivity index (χ1v) is 8.17. The van der Waals surface area contributed by atoms with Crippen molar-refractivity contribution in [1.29, 1.82) is 0 Å². The van der Waals surface area contributed by atoms with Crippen LogP contribution in [0.5, 0.6) is 11.5 Å². The van der Waals surface area contributed by atoms with E-state index in [1.807, 2.05) is 31.2 Å². The molecule has 2 aromatic carbocycles. The second kappa shape index (κ2) is 5.25. The number of fused-ring (bicyclic) bond motifs is 2. The molecule has 112 valence electrons. The van der Waals surface area contributed by atoms with Crippen LogP contribution in [0.2, 0.25) is 0 Å². The smallest absolute Gasteiger partial charge is 0.234 e. The van der Waals surface area contributed by atoms with Crippen LogP contribution < -0.4 is 14.8 Å². The minimum absolute atomic E-state index is 0.0418. The number of carbonyl (C=O) groups excluding carboxylic acids is 1. The third-order valence-corrected chi connectivity index (χ3v) is 5.13. The van der Waals surface area contributed by atoms with Crippen LogP contribution in [0.1, 0.15) is 21.9 Å². The normalized spacial score (nSPS) is 19.3. The van der Waals surface area contributed by atoms with Crippen molar-refractivity contribution in [3.05, 3.63) is 53.1 Å². The van der Waals surface area contributed by atoms with Gasteiger partial charge in [0.1, 0.15) is 0 Å². The molecule has 4 nitrogen and oxygen atoms in total. The van der Waals surface area contributed by atoms with Crippen molar-refractivity contribution in [2.24, 2.45) is 0 Å². The largest absolute Gasteiger partial charge is 0.454 e. The van der Waals surface area contributed by atoms with E-state index in [4.69, 9.17) is 9.47 Å². The van der Waals surface area contributed by atoms with Gasteiger partial charge in [-0.25, -0.2) is 0 Å². The van der Waals surface area contributed by atoms with E-state index < -0.39 is 0 Å². The Morgan fingerprint density at radius 2 is 2.00 bits per heavy atom. The number of benzene rings is 2. The first-order chi connectivity index (χ1) is 10.7. The van der Waals surface area contributed by atoms with E-state index in [0.717, 1.165) is 33.9 Å². The van der Waals surface area contributed by atoms with Crippen molar-refractivity contribution in [3.8, 4) is 11.5 Å². The van der Waals surface area contributed by atoms with Gasteiger partial charge < -0.3 is 14.8 Å². The molecule has 0 bridgehead atoms. The third-order valence-electron chi connectivity index (χ3n) is 3.85. The van der Waals surface area contributed by atoms with Crippen LogP contribution in [0, 0.1) is 6.92 Å². The maximum Gasteiger partial charge on any atom is 0.234 e. The molecule has 1 unspecified atom stereocenters. The Hall–Kier alpha value is -2.14. The zero-order valence-electron chi connectivity index (χ0n) is 12.1. The third kappa shape index (κ3) is 2.31. The summed E-state index contributed by atoms with van der Waals surface area (Å²) in [7, 11) is 0. The number of ether oxygens (including phenoxy) is 2. The number of amides is 1. The number of hydrogen-bond acceptors (Lipinski definition) is 4. The van der Waals surface area contributed by atoms with E-state index in [1.54, 1.807) is 11.8 Å². The van der Waals surface area contributed by atoms with E-state index in [9.17, 15) is 4.79 Å². The van der Waals surface area contributed by atoms with Gasteiger partial charge in [-0.15, -0.1) is 11.8 Å². The lowest BCUT2D eigenvalue weighted by Crippen LogP contribution is -2.12. The quantitative estimate of drug-likeness (QED) is 0.875. The summed E-state index contributed by atoms with van der Waals surface area (Å²) in [6.45, 7) is 2.30. The van der Waals surface area contributed by atoms with E-state index in [2.05, 4.69) is 17.4 Å². The summed E-state index contributed by atoms with van der Waals surface area (Å²) >= 11 is 1.63. The Morgan fingerprint density at radius 3 is 2.91 bits per heavy atom. The highest BCUT2D eigenvalue weighted by atomic mass is 32.2. The average molecular weight is 313 g/mol. The number of anilines is 1. The molecule has 1 atom stereocenters. The summed E-state index contributed by atoms with van der Waals surface area (Å²) in [4.78, 5) is 11.9. The van der Waals surface area contributed by atoms with Crippen LogP contribution in [0.4, 0.5) is 5.69 Å². The van der Waals surface area contributed by atoms with E-state index >= 15 is 0 Å². The van der Waals surface area contributed by atoms with Gasteiger partial charge in [-0.2, -0.15) is 0 Å². The van der Waals surface area contributed by atoms with Crippen LogP contribution in [-0.4, -0.2) is 18.5 Å². The molecule has 4 rings (SSSR count). The zero-order valence-corrected chi connectivity index (χ0v) is 12.9. The number of thioether (sulfide) groups is 1. The molecule has 1 amide bonds. The fourth-order valence-corrected chi connectivity index (χ4v) is 3.91. The SMILES string of the molecule is Cc1ccc2c(c1)NC(=O)CSC2c1ccc2c(c1)OCO2. The molecule has 2 aliphatic heterocycles. The van der Waals surface area contributed by atoms with Crippen LogP contribution in [-0.2, 0) is 4.79 Å². The maximum absolute atomic E-state index is 11.9. The van der Waals surface area contributed by atoms with Crippen molar-refractivity contribution in [1.82, 2.24) is 0 Å². The van der Waals surface area contributed by atoms with Crippen LogP contribution in [0.25, 0.3) is 0 Å². The van der Waals surface area contributed by atoms with Gasteiger partial charge in [0, 0.05) is 5.69 Å². The van der Waals surface area contributed by atoms with Gasteiger partial charge in [0.05, 0.1) is 11.0 Å². The highest BCUT2D eigenvalue weighted by molar-refractivity contribution is 8.00. The fraction of sp³-hybridized carbons (Fsp3) is 0.235. The minimum atomic E-state index is 0.0418. The van der Waals surface area contributed by atoms with Crippen LogP contribution in [0.3, 0.4) is 0 Å². The Labute approximate surface area is 132 Å². The standard InChI is InChI=1S/C17H15NO3S/c1-10-2-4-12-13(6-10)18-16(19)8-22-17(12)11-3-5-14-15(7-11)21-9-20-14/h2-7,17H,8-9H2,1H3,(H,18,19). The molecule has 0 saturated carbocycles. The zero-order chi connectivity index (χ0) is 15.1. The second-order valence-corrected chi connectivity index (χ2v) is 6.54. The highest BCUT2D eigenvalue weighted by Gasteiger charge is 2.25. The molecule has 0 saturated heterocycles. The Bertz CT molecular complexity index is 760. The molecule has 22 heavy (non-hydrogen) atoms. The summed E-state index contributed by atoms with van der Waals surface area (Å²) in [5, 5.41) is 3.10. The van der Waals surface area contributed by atoms with Crippen molar-refractivity contribution < 1.29 is 14.3 Å². The van der Waals surface area contributed by atoms with Gasteiger partial charge in [-0.1, -0.05) is 18.2 Å². The first-order valence-electron chi connectivity index (χ1n) is 7.12. The molecular formula is C17H15NO3S. The number of carbonyl (C=O) groups is 1. The average Bonchev–Trinajstić information content (AvgIpc) is 2.90. The van der Waals surface area contributed by atoms with Crippen molar-refractivity contribution in [3.63, 3.8) is 0 Å². The topological polar surface area (TPSA) is 47.6 Å². The van der Waals surface area contributed by atoms with Gasteiger partial charge in [0.25, 0.3) is 0 Å². The summed E-state index contributed by atoms with van der Waals surface area (Å²) in [6.07, 6.45) is 0. The molecule has 2 aliphatic rings. The maximum atomic E-state index is 11.9. The Kier molecular flexibility index (Phi) is 3.22. The number of nitrogens with one attached hydrogen (secondary N) is 1. The van der Waals surface area contributed by atoms with Gasteiger partial charge in [-0.05, 0) is 41.8 Å². The van der Waals surface area contributed by atoms with Crippen LogP contribution in [0.15, 0.2) is 36.4 Å².